The highest BCUT2D eigenvalue weighted by atomic mass is 16.5. The van der Waals surface area contributed by atoms with Crippen LogP contribution < -0.4 is 10.1 Å². The van der Waals surface area contributed by atoms with Crippen molar-refractivity contribution in [3.8, 4) is 5.75 Å². The summed E-state index contributed by atoms with van der Waals surface area (Å²) in [5.74, 6) is 1.21. The predicted molar refractivity (Wildman–Crippen MR) is 87.3 cm³/mol. The molecule has 0 spiro atoms. The van der Waals surface area contributed by atoms with Crippen molar-refractivity contribution in [1.82, 2.24) is 10.2 Å². The van der Waals surface area contributed by atoms with Gasteiger partial charge in [0.1, 0.15) is 5.75 Å². The van der Waals surface area contributed by atoms with Crippen LogP contribution in [-0.2, 0) is 0 Å². The van der Waals surface area contributed by atoms with E-state index in [1.807, 2.05) is 24.3 Å². The number of amides is 1. The van der Waals surface area contributed by atoms with Gasteiger partial charge in [0.2, 0.25) is 0 Å². The van der Waals surface area contributed by atoms with E-state index in [0.717, 1.165) is 6.54 Å². The summed E-state index contributed by atoms with van der Waals surface area (Å²) >= 11 is 0. The first-order chi connectivity index (χ1) is 10.8. The number of rotatable bonds is 4. The first-order valence-corrected chi connectivity index (χ1v) is 8.45. The number of methoxy groups -OCH3 is 1. The number of nitrogens with zero attached hydrogens (tertiary/aromatic N) is 1. The van der Waals surface area contributed by atoms with Crippen LogP contribution in [0.5, 0.6) is 5.75 Å². The van der Waals surface area contributed by atoms with Crippen LogP contribution >= 0.6 is 0 Å². The highest BCUT2D eigenvalue weighted by Gasteiger charge is 2.33. The largest absolute Gasteiger partial charge is 0.496 e. The van der Waals surface area contributed by atoms with E-state index in [9.17, 15) is 4.79 Å². The van der Waals surface area contributed by atoms with Gasteiger partial charge < -0.3 is 15.0 Å². The van der Waals surface area contributed by atoms with Crippen LogP contribution in [0.15, 0.2) is 24.3 Å². The van der Waals surface area contributed by atoms with Crippen molar-refractivity contribution in [2.75, 3.05) is 26.7 Å². The average Bonchev–Trinajstić information content (AvgIpc) is 2.59. The fourth-order valence-corrected chi connectivity index (χ4v) is 3.97. The van der Waals surface area contributed by atoms with E-state index < -0.39 is 0 Å². The molecule has 0 saturated carbocycles. The number of hydrogen-bond donors (Lipinski definition) is 1. The van der Waals surface area contributed by atoms with Crippen molar-refractivity contribution in [1.29, 1.82) is 0 Å². The van der Waals surface area contributed by atoms with Crippen LogP contribution in [0.2, 0.25) is 0 Å². The Hall–Kier alpha value is -1.55. The second-order valence-electron chi connectivity index (χ2n) is 6.41. The van der Waals surface area contributed by atoms with Crippen molar-refractivity contribution in [2.45, 2.75) is 38.1 Å². The third kappa shape index (κ3) is 3.27. The molecule has 4 nitrogen and oxygen atoms in total. The van der Waals surface area contributed by atoms with Gasteiger partial charge in [-0.3, -0.25) is 4.79 Å². The molecule has 2 aliphatic rings. The second-order valence-corrected chi connectivity index (χ2v) is 6.41. The van der Waals surface area contributed by atoms with E-state index in [1.54, 1.807) is 7.11 Å². The van der Waals surface area contributed by atoms with E-state index in [2.05, 4.69) is 10.2 Å². The van der Waals surface area contributed by atoms with Gasteiger partial charge >= 0.3 is 0 Å². The Balaban J connectivity index is 1.60. The predicted octanol–water partition coefficient (Wildman–Crippen LogP) is 2.69. The average molecular weight is 302 g/mol. The maximum atomic E-state index is 12.4. The fraction of sp³-hybridized carbons (Fsp3) is 0.611. The Kier molecular flexibility index (Phi) is 4.98. The van der Waals surface area contributed by atoms with E-state index in [1.165, 1.54) is 45.2 Å². The maximum absolute atomic E-state index is 12.4. The highest BCUT2D eigenvalue weighted by molar-refractivity contribution is 5.96. The van der Waals surface area contributed by atoms with Crippen LogP contribution in [0, 0.1) is 5.92 Å². The topological polar surface area (TPSA) is 41.6 Å². The van der Waals surface area contributed by atoms with Gasteiger partial charge in [-0.25, -0.2) is 0 Å². The lowest BCUT2D eigenvalue weighted by atomic mass is 9.83. The number of fused-ring (bicyclic) bond motifs is 1. The third-order valence-electron chi connectivity index (χ3n) is 5.11. The molecular formula is C18H26N2O2. The Bertz CT molecular complexity index is 516. The maximum Gasteiger partial charge on any atom is 0.255 e. The minimum absolute atomic E-state index is 0.0228. The number of para-hydroxylation sites is 1. The van der Waals surface area contributed by atoms with Gasteiger partial charge in [-0.05, 0) is 56.8 Å². The Labute approximate surface area is 132 Å². The normalized spacial score (nSPS) is 25.3. The molecule has 2 fully saturated rings. The van der Waals surface area contributed by atoms with E-state index in [-0.39, 0.29) is 5.91 Å². The molecule has 2 aliphatic heterocycles. The molecular weight excluding hydrogens is 276 g/mol. The Morgan fingerprint density at radius 3 is 2.91 bits per heavy atom. The van der Waals surface area contributed by atoms with Crippen molar-refractivity contribution in [3.63, 3.8) is 0 Å². The number of piperidine rings is 2. The standard InChI is InChI=1S/C18H26N2O2/c1-22-17-10-3-2-8-15(17)18(21)19-13-14-7-6-12-20-11-5-4-9-16(14)20/h2-3,8,10,14,16H,4-7,9,11-13H2,1H3,(H,19,21)/t14-,16+/m0/s1. The van der Waals surface area contributed by atoms with Crippen LogP contribution in [0.25, 0.3) is 0 Å². The molecule has 0 unspecified atom stereocenters. The summed E-state index contributed by atoms with van der Waals surface area (Å²) in [6, 6.07) is 8.08. The van der Waals surface area contributed by atoms with E-state index in [0.29, 0.717) is 23.3 Å². The Morgan fingerprint density at radius 1 is 1.23 bits per heavy atom. The number of hydrogen-bond acceptors (Lipinski definition) is 3. The lowest BCUT2D eigenvalue weighted by Crippen LogP contribution is -2.51. The van der Waals surface area contributed by atoms with Crippen molar-refractivity contribution in [3.05, 3.63) is 29.8 Å². The lowest BCUT2D eigenvalue weighted by molar-refractivity contribution is 0.0575. The van der Waals surface area contributed by atoms with Gasteiger partial charge in [0.05, 0.1) is 12.7 Å². The first kappa shape index (κ1) is 15.3. The molecule has 1 aromatic rings. The van der Waals surface area contributed by atoms with Gasteiger partial charge in [0, 0.05) is 12.6 Å². The summed E-state index contributed by atoms with van der Waals surface area (Å²) < 4.78 is 5.28. The summed E-state index contributed by atoms with van der Waals surface area (Å²) in [6.45, 7) is 3.25. The summed E-state index contributed by atoms with van der Waals surface area (Å²) in [6.07, 6.45) is 6.43. The van der Waals surface area contributed by atoms with Gasteiger partial charge in [-0.2, -0.15) is 0 Å². The molecule has 1 amide bonds. The summed E-state index contributed by atoms with van der Waals surface area (Å²) in [5.41, 5.74) is 0.626. The van der Waals surface area contributed by atoms with Crippen molar-refractivity contribution >= 4 is 5.91 Å². The van der Waals surface area contributed by atoms with Crippen molar-refractivity contribution < 1.29 is 9.53 Å². The molecule has 0 aromatic heterocycles. The molecule has 2 saturated heterocycles. The van der Waals surface area contributed by atoms with Gasteiger partial charge in [0.25, 0.3) is 5.91 Å². The van der Waals surface area contributed by atoms with E-state index in [4.69, 9.17) is 4.74 Å². The zero-order valence-electron chi connectivity index (χ0n) is 13.4. The van der Waals surface area contributed by atoms with Crippen molar-refractivity contribution in [2.24, 2.45) is 5.92 Å². The van der Waals surface area contributed by atoms with Gasteiger partial charge in [-0.1, -0.05) is 18.6 Å². The molecule has 2 atom stereocenters. The molecule has 22 heavy (non-hydrogen) atoms. The lowest BCUT2D eigenvalue weighted by Gasteiger charge is -2.44. The fourth-order valence-electron chi connectivity index (χ4n) is 3.97. The highest BCUT2D eigenvalue weighted by Crippen LogP contribution is 2.30. The smallest absolute Gasteiger partial charge is 0.255 e. The molecule has 0 radical (unpaired) electrons. The molecule has 0 aliphatic carbocycles. The van der Waals surface area contributed by atoms with Crippen LogP contribution in [0.3, 0.4) is 0 Å². The molecule has 3 rings (SSSR count). The third-order valence-corrected chi connectivity index (χ3v) is 5.11. The number of carbonyl (C=O) groups excluding carboxylic acids is 1. The zero-order valence-corrected chi connectivity index (χ0v) is 13.4. The number of benzene rings is 1. The SMILES string of the molecule is COc1ccccc1C(=O)NC[C@@H]1CCCN2CCCC[C@H]12. The van der Waals surface area contributed by atoms with Gasteiger partial charge in [0.15, 0.2) is 0 Å². The molecule has 1 aromatic carbocycles. The zero-order chi connectivity index (χ0) is 15.4. The minimum Gasteiger partial charge on any atom is -0.496 e. The first-order valence-electron chi connectivity index (χ1n) is 8.45. The summed E-state index contributed by atoms with van der Waals surface area (Å²) in [5, 5.41) is 3.13. The summed E-state index contributed by atoms with van der Waals surface area (Å²) in [7, 11) is 1.60. The van der Waals surface area contributed by atoms with Gasteiger partial charge in [-0.15, -0.1) is 0 Å². The molecule has 0 bridgehead atoms. The summed E-state index contributed by atoms with van der Waals surface area (Å²) in [4.78, 5) is 15.1. The molecule has 2 heterocycles. The molecule has 4 heteroatoms. The van der Waals surface area contributed by atoms with Crippen LogP contribution in [0.4, 0.5) is 0 Å². The number of ether oxygens (including phenoxy) is 1. The number of carbonyl (C=O) groups is 1. The molecule has 1 N–H and O–H groups in total. The van der Waals surface area contributed by atoms with Crippen LogP contribution in [0.1, 0.15) is 42.5 Å². The second kappa shape index (κ2) is 7.14. The quantitative estimate of drug-likeness (QED) is 0.930. The monoisotopic (exact) mass is 302 g/mol. The van der Waals surface area contributed by atoms with E-state index >= 15 is 0 Å². The molecule has 120 valence electrons. The number of nitrogens with one attached hydrogen (secondary N) is 1. The minimum atomic E-state index is -0.0228. The van der Waals surface area contributed by atoms with Crippen LogP contribution in [-0.4, -0.2) is 43.6 Å². The Morgan fingerprint density at radius 2 is 2.05 bits per heavy atom.